The van der Waals surface area contributed by atoms with Gasteiger partial charge in [0.15, 0.2) is 6.10 Å². The van der Waals surface area contributed by atoms with E-state index in [9.17, 15) is 0 Å². The molecule has 0 amide bonds. The van der Waals surface area contributed by atoms with Gasteiger partial charge >= 0.3 is 0 Å². The van der Waals surface area contributed by atoms with Crippen molar-refractivity contribution in [3.8, 4) is 5.75 Å². The second-order valence-corrected chi connectivity index (χ2v) is 8.47. The van der Waals surface area contributed by atoms with Crippen LogP contribution >= 0.6 is 23.2 Å². The van der Waals surface area contributed by atoms with Gasteiger partial charge in [-0.2, -0.15) is 0 Å². The van der Waals surface area contributed by atoms with Gasteiger partial charge in [0.2, 0.25) is 0 Å². The number of nitrogens with zero attached hydrogens (tertiary/aromatic N) is 4. The second kappa shape index (κ2) is 12.0. The van der Waals surface area contributed by atoms with Crippen LogP contribution in [0.3, 0.4) is 0 Å². The molecule has 9 heteroatoms. The topological polar surface area (TPSA) is 61.1 Å². The van der Waals surface area contributed by atoms with Gasteiger partial charge in [-0.15, -0.1) is 0 Å². The molecule has 4 rings (SSSR count). The van der Waals surface area contributed by atoms with Crippen LogP contribution in [0.2, 0.25) is 10.0 Å². The van der Waals surface area contributed by atoms with E-state index in [1.807, 2.05) is 41.1 Å². The molecular formula is C24H26Cl2N4O3. The highest BCUT2D eigenvalue weighted by molar-refractivity contribution is 6.35. The Morgan fingerprint density at radius 3 is 2.67 bits per heavy atom. The first kappa shape index (κ1) is 23.6. The lowest BCUT2D eigenvalue weighted by Crippen LogP contribution is -2.38. The monoisotopic (exact) mass is 488 g/mol. The van der Waals surface area contributed by atoms with Crippen LogP contribution in [0.4, 0.5) is 0 Å². The maximum Gasteiger partial charge on any atom is 0.171 e. The molecule has 0 radical (unpaired) electrons. The smallest absolute Gasteiger partial charge is 0.171 e. The van der Waals surface area contributed by atoms with E-state index < -0.39 is 6.10 Å². The van der Waals surface area contributed by atoms with Crippen LogP contribution in [0.1, 0.15) is 17.2 Å². The van der Waals surface area contributed by atoms with Gasteiger partial charge in [0, 0.05) is 47.6 Å². The Labute approximate surface area is 203 Å². The van der Waals surface area contributed by atoms with Crippen molar-refractivity contribution in [2.45, 2.75) is 12.6 Å². The minimum Gasteiger partial charge on any atom is -0.492 e. The molecule has 0 saturated carbocycles. The maximum absolute atomic E-state index is 6.40. The maximum atomic E-state index is 6.40. The molecule has 1 atom stereocenters. The molecule has 0 N–H and O–H groups in total. The third kappa shape index (κ3) is 7.20. The van der Waals surface area contributed by atoms with Crippen LogP contribution < -0.4 is 4.74 Å². The summed E-state index contributed by atoms with van der Waals surface area (Å²) >= 11 is 12.4. The summed E-state index contributed by atoms with van der Waals surface area (Å²) in [5.41, 5.74) is 1.70. The van der Waals surface area contributed by atoms with Gasteiger partial charge in [0.25, 0.3) is 0 Å². The SMILES string of the molecule is Clc1ccc(C(Cn2ccnc2)O/N=C/c2ccc(OCCN3CCOCC3)cc2)c(Cl)c1. The van der Waals surface area contributed by atoms with Crippen LogP contribution in [0.15, 0.2) is 66.3 Å². The number of morpholine rings is 1. The normalized spacial score (nSPS) is 15.6. The van der Waals surface area contributed by atoms with Gasteiger partial charge in [-0.3, -0.25) is 4.90 Å². The van der Waals surface area contributed by atoms with E-state index >= 15 is 0 Å². The number of aromatic nitrogens is 2. The quantitative estimate of drug-likeness (QED) is 0.306. The highest BCUT2D eigenvalue weighted by atomic mass is 35.5. The largest absolute Gasteiger partial charge is 0.492 e. The molecule has 174 valence electrons. The number of oxime groups is 1. The van der Waals surface area contributed by atoms with Gasteiger partial charge < -0.3 is 18.9 Å². The van der Waals surface area contributed by atoms with E-state index in [2.05, 4.69) is 15.0 Å². The number of hydrogen-bond acceptors (Lipinski definition) is 6. The van der Waals surface area contributed by atoms with Crippen molar-refractivity contribution in [1.29, 1.82) is 0 Å². The van der Waals surface area contributed by atoms with Crippen molar-refractivity contribution in [2.75, 3.05) is 39.5 Å². The molecule has 2 aromatic carbocycles. The molecule has 0 spiro atoms. The lowest BCUT2D eigenvalue weighted by Gasteiger charge is -2.26. The molecule has 1 aliphatic heterocycles. The molecule has 1 fully saturated rings. The molecule has 7 nitrogen and oxygen atoms in total. The van der Waals surface area contributed by atoms with E-state index in [1.54, 1.807) is 30.9 Å². The lowest BCUT2D eigenvalue weighted by atomic mass is 10.1. The predicted octanol–water partition coefficient (Wildman–Crippen LogP) is 4.69. The Morgan fingerprint density at radius 2 is 1.94 bits per heavy atom. The summed E-state index contributed by atoms with van der Waals surface area (Å²) in [6.45, 7) is 5.56. The number of hydrogen-bond donors (Lipinski definition) is 0. The van der Waals surface area contributed by atoms with Gasteiger partial charge in [0.1, 0.15) is 12.4 Å². The Balaban J connectivity index is 1.33. The molecule has 33 heavy (non-hydrogen) atoms. The third-order valence-corrected chi connectivity index (χ3v) is 5.86. The lowest BCUT2D eigenvalue weighted by molar-refractivity contribution is 0.0322. The predicted molar refractivity (Wildman–Crippen MR) is 129 cm³/mol. The summed E-state index contributed by atoms with van der Waals surface area (Å²) in [6.07, 6.45) is 6.57. The highest BCUT2D eigenvalue weighted by Gasteiger charge is 2.17. The number of benzene rings is 2. The van der Waals surface area contributed by atoms with Gasteiger partial charge in [-0.1, -0.05) is 34.4 Å². The molecule has 2 heterocycles. The zero-order chi connectivity index (χ0) is 22.9. The Morgan fingerprint density at radius 1 is 1.12 bits per heavy atom. The van der Waals surface area contributed by atoms with E-state index in [1.165, 1.54) is 0 Å². The average Bonchev–Trinajstić information content (AvgIpc) is 3.34. The molecule has 0 aliphatic carbocycles. The van der Waals surface area contributed by atoms with Crippen molar-refractivity contribution in [2.24, 2.45) is 5.16 Å². The first-order chi connectivity index (χ1) is 16.2. The first-order valence-corrected chi connectivity index (χ1v) is 11.6. The van der Waals surface area contributed by atoms with Crippen LogP contribution in [0.25, 0.3) is 0 Å². The fourth-order valence-corrected chi connectivity index (χ4v) is 4.00. The van der Waals surface area contributed by atoms with E-state index in [4.69, 9.17) is 37.5 Å². The minimum absolute atomic E-state index is 0.400. The van der Waals surface area contributed by atoms with Crippen molar-refractivity contribution in [3.63, 3.8) is 0 Å². The summed E-state index contributed by atoms with van der Waals surface area (Å²) in [5.74, 6) is 0.826. The molecule has 0 bridgehead atoms. The number of rotatable bonds is 10. The van der Waals surface area contributed by atoms with Gasteiger partial charge in [0.05, 0.1) is 32.3 Å². The van der Waals surface area contributed by atoms with Crippen LogP contribution in [0.5, 0.6) is 5.75 Å². The molecule has 1 saturated heterocycles. The van der Waals surface area contributed by atoms with Gasteiger partial charge in [-0.25, -0.2) is 4.98 Å². The van der Waals surface area contributed by atoms with E-state index in [0.29, 0.717) is 23.2 Å². The van der Waals surface area contributed by atoms with E-state index in [-0.39, 0.29) is 0 Å². The van der Waals surface area contributed by atoms with Crippen molar-refractivity contribution >= 4 is 29.4 Å². The average molecular weight is 489 g/mol. The standard InChI is InChI=1S/C24H26Cl2N4O3/c25-20-3-6-22(23(26)15-20)24(17-30-8-7-27-18-30)33-28-16-19-1-4-21(5-2-19)32-14-11-29-9-12-31-13-10-29/h1-8,15-16,18,24H,9-14,17H2/b28-16+. The first-order valence-electron chi connectivity index (χ1n) is 10.8. The Kier molecular flexibility index (Phi) is 8.60. The zero-order valence-electron chi connectivity index (χ0n) is 18.1. The number of imidazole rings is 1. The van der Waals surface area contributed by atoms with Crippen molar-refractivity contribution in [3.05, 3.63) is 82.4 Å². The summed E-state index contributed by atoms with van der Waals surface area (Å²) in [7, 11) is 0. The van der Waals surface area contributed by atoms with E-state index in [0.717, 1.165) is 49.7 Å². The fourth-order valence-electron chi connectivity index (χ4n) is 3.47. The number of halogens is 2. The molecule has 1 aliphatic rings. The summed E-state index contributed by atoms with van der Waals surface area (Å²) in [6, 6.07) is 13.1. The summed E-state index contributed by atoms with van der Waals surface area (Å²) < 4.78 is 13.1. The zero-order valence-corrected chi connectivity index (χ0v) is 19.7. The third-order valence-electron chi connectivity index (χ3n) is 5.30. The summed E-state index contributed by atoms with van der Waals surface area (Å²) in [4.78, 5) is 12.3. The fraction of sp³-hybridized carbons (Fsp3) is 0.333. The van der Waals surface area contributed by atoms with Gasteiger partial charge in [-0.05, 0) is 42.0 Å². The van der Waals surface area contributed by atoms with Crippen LogP contribution in [-0.4, -0.2) is 60.1 Å². The highest BCUT2D eigenvalue weighted by Crippen LogP contribution is 2.30. The second-order valence-electron chi connectivity index (χ2n) is 7.63. The number of ether oxygens (including phenoxy) is 2. The van der Waals surface area contributed by atoms with Crippen molar-refractivity contribution in [1.82, 2.24) is 14.5 Å². The van der Waals surface area contributed by atoms with Crippen LogP contribution in [0, 0.1) is 0 Å². The molecule has 1 aromatic heterocycles. The van der Waals surface area contributed by atoms with Crippen LogP contribution in [-0.2, 0) is 16.1 Å². The Bertz CT molecular complexity index is 1020. The Hall–Kier alpha value is -2.58. The molecule has 3 aromatic rings. The van der Waals surface area contributed by atoms with Crippen molar-refractivity contribution < 1.29 is 14.3 Å². The molecule has 1 unspecified atom stereocenters. The minimum atomic E-state index is -0.400. The summed E-state index contributed by atoms with van der Waals surface area (Å²) in [5, 5.41) is 5.31. The molecular weight excluding hydrogens is 463 g/mol.